The van der Waals surface area contributed by atoms with Crippen LogP contribution in [0.2, 0.25) is 0 Å². The average molecular weight is 403 g/mol. The van der Waals surface area contributed by atoms with Crippen LogP contribution in [0, 0.1) is 13.8 Å². The Labute approximate surface area is 163 Å². The van der Waals surface area contributed by atoms with Gasteiger partial charge < -0.3 is 13.9 Å². The molecule has 1 N–H and O–H groups in total. The number of sulfonamides is 1. The van der Waals surface area contributed by atoms with Gasteiger partial charge in [-0.05, 0) is 62.7 Å². The van der Waals surface area contributed by atoms with E-state index in [0.717, 1.165) is 0 Å². The zero-order chi connectivity index (χ0) is 20.5. The minimum absolute atomic E-state index is 0.0989. The van der Waals surface area contributed by atoms with Crippen molar-refractivity contribution in [3.8, 4) is 5.75 Å². The molecule has 1 aromatic heterocycles. The number of aryl methyl sites for hydroxylation is 2. The number of methoxy groups -OCH3 is 1. The molecule has 0 spiro atoms. The Morgan fingerprint density at radius 3 is 2.43 bits per heavy atom. The minimum Gasteiger partial charge on any atom is -0.497 e. The van der Waals surface area contributed by atoms with Crippen LogP contribution < -0.4 is 9.46 Å². The molecule has 0 aliphatic heterocycles. The van der Waals surface area contributed by atoms with Crippen molar-refractivity contribution in [2.45, 2.75) is 25.7 Å². The van der Waals surface area contributed by atoms with Gasteiger partial charge in [-0.25, -0.2) is 13.2 Å². The quantitative estimate of drug-likeness (QED) is 0.624. The first kappa shape index (κ1) is 19.8. The lowest BCUT2D eigenvalue weighted by Crippen LogP contribution is -2.14. The summed E-state index contributed by atoms with van der Waals surface area (Å²) in [5.41, 5.74) is 1.80. The molecule has 28 heavy (non-hydrogen) atoms. The number of carbonyl (C=O) groups excluding carboxylic acids is 1. The van der Waals surface area contributed by atoms with Crippen LogP contribution in [-0.2, 0) is 14.8 Å². The van der Waals surface area contributed by atoms with E-state index in [1.807, 2.05) is 0 Å². The van der Waals surface area contributed by atoms with Gasteiger partial charge in [-0.2, -0.15) is 0 Å². The smallest absolute Gasteiger partial charge is 0.342 e. The number of hydrogen-bond acceptors (Lipinski definition) is 6. The van der Waals surface area contributed by atoms with Gasteiger partial charge in [-0.3, -0.25) is 4.72 Å². The van der Waals surface area contributed by atoms with E-state index >= 15 is 0 Å². The number of esters is 1. The molecule has 148 valence electrons. The largest absolute Gasteiger partial charge is 0.497 e. The zero-order valence-corrected chi connectivity index (χ0v) is 16.8. The summed E-state index contributed by atoms with van der Waals surface area (Å²) in [4.78, 5) is 12.4. The van der Waals surface area contributed by atoms with Crippen LogP contribution in [0.1, 0.15) is 28.6 Å². The summed E-state index contributed by atoms with van der Waals surface area (Å²) in [6, 6.07) is 9.35. The van der Waals surface area contributed by atoms with Crippen molar-refractivity contribution in [3.63, 3.8) is 0 Å². The molecule has 0 amide bonds. The lowest BCUT2D eigenvalue weighted by Gasteiger charge is -2.11. The molecule has 0 atom stereocenters. The van der Waals surface area contributed by atoms with E-state index in [0.29, 0.717) is 39.3 Å². The van der Waals surface area contributed by atoms with Crippen molar-refractivity contribution in [2.24, 2.45) is 0 Å². The predicted molar refractivity (Wildman–Crippen MR) is 105 cm³/mol. The molecule has 0 fully saturated rings. The van der Waals surface area contributed by atoms with E-state index in [1.54, 1.807) is 45.0 Å². The van der Waals surface area contributed by atoms with Crippen molar-refractivity contribution in [3.05, 3.63) is 53.3 Å². The van der Waals surface area contributed by atoms with Crippen LogP contribution in [0.5, 0.6) is 5.75 Å². The molecular formula is C20H21NO6S. The van der Waals surface area contributed by atoms with E-state index < -0.39 is 16.0 Å². The normalized spacial score (nSPS) is 11.4. The van der Waals surface area contributed by atoms with E-state index in [2.05, 4.69) is 4.72 Å². The summed E-state index contributed by atoms with van der Waals surface area (Å²) in [6.45, 7) is 5.37. The predicted octanol–water partition coefficient (Wildman–Crippen LogP) is 4.04. The second-order valence-corrected chi connectivity index (χ2v) is 7.88. The van der Waals surface area contributed by atoms with Crippen LogP contribution in [0.15, 0.2) is 45.7 Å². The third-order valence-corrected chi connectivity index (χ3v) is 5.69. The second-order valence-electron chi connectivity index (χ2n) is 6.20. The van der Waals surface area contributed by atoms with E-state index in [1.165, 1.54) is 19.2 Å². The Hall–Kier alpha value is -3.00. The van der Waals surface area contributed by atoms with Crippen LogP contribution >= 0.6 is 0 Å². The van der Waals surface area contributed by atoms with Crippen LogP contribution in [0.25, 0.3) is 11.0 Å². The SMILES string of the molecule is CCOC(=O)c1c(C)oc2cc(C)c(NS(=O)(=O)c3ccc(OC)cc3)cc12. The van der Waals surface area contributed by atoms with Crippen LogP contribution in [0.4, 0.5) is 5.69 Å². The van der Waals surface area contributed by atoms with Gasteiger partial charge in [0.2, 0.25) is 0 Å². The molecule has 1 heterocycles. The Balaban J connectivity index is 2.03. The lowest BCUT2D eigenvalue weighted by molar-refractivity contribution is 0.0526. The number of benzene rings is 2. The molecule has 0 saturated carbocycles. The fraction of sp³-hybridized carbons (Fsp3) is 0.250. The topological polar surface area (TPSA) is 94.8 Å². The van der Waals surface area contributed by atoms with Gasteiger partial charge in [0.15, 0.2) is 0 Å². The van der Waals surface area contributed by atoms with Gasteiger partial charge in [-0.1, -0.05) is 0 Å². The highest BCUT2D eigenvalue weighted by Crippen LogP contribution is 2.32. The molecule has 0 radical (unpaired) electrons. The maximum atomic E-state index is 12.7. The van der Waals surface area contributed by atoms with Crippen LogP contribution in [0.3, 0.4) is 0 Å². The van der Waals surface area contributed by atoms with E-state index in [-0.39, 0.29) is 11.5 Å². The molecule has 0 aliphatic rings. The Morgan fingerprint density at radius 1 is 1.14 bits per heavy atom. The molecule has 3 aromatic rings. The van der Waals surface area contributed by atoms with Crippen LogP contribution in [-0.4, -0.2) is 28.1 Å². The van der Waals surface area contributed by atoms with Gasteiger partial charge in [0.25, 0.3) is 10.0 Å². The summed E-state index contributed by atoms with van der Waals surface area (Å²) in [5, 5.41) is 0.494. The number of hydrogen-bond donors (Lipinski definition) is 1. The van der Waals surface area contributed by atoms with Crippen molar-refractivity contribution < 1.29 is 27.1 Å². The first-order chi connectivity index (χ1) is 13.3. The molecule has 2 aromatic carbocycles. The highest BCUT2D eigenvalue weighted by atomic mass is 32.2. The molecular weight excluding hydrogens is 382 g/mol. The van der Waals surface area contributed by atoms with E-state index in [9.17, 15) is 13.2 Å². The third kappa shape index (κ3) is 3.68. The highest BCUT2D eigenvalue weighted by Gasteiger charge is 2.22. The molecule has 7 nitrogen and oxygen atoms in total. The molecule has 0 aliphatic carbocycles. The average Bonchev–Trinajstić information content (AvgIpc) is 2.96. The number of carbonyl (C=O) groups is 1. The van der Waals surface area contributed by atoms with Gasteiger partial charge in [0, 0.05) is 5.39 Å². The fourth-order valence-corrected chi connectivity index (χ4v) is 4.01. The Bertz CT molecular complexity index is 1130. The zero-order valence-electron chi connectivity index (χ0n) is 16.0. The first-order valence-electron chi connectivity index (χ1n) is 8.64. The summed E-state index contributed by atoms with van der Waals surface area (Å²) in [7, 11) is -2.31. The minimum atomic E-state index is -3.82. The van der Waals surface area contributed by atoms with E-state index in [4.69, 9.17) is 13.9 Å². The molecule has 0 bridgehead atoms. The van der Waals surface area contributed by atoms with Crippen molar-refractivity contribution in [1.29, 1.82) is 0 Å². The molecule has 0 unspecified atom stereocenters. The van der Waals surface area contributed by atoms with Gasteiger partial charge in [-0.15, -0.1) is 0 Å². The standard InChI is InChI=1S/C20H21NO6S/c1-5-26-20(22)19-13(3)27-18-10-12(2)17(11-16(18)19)21-28(23,24)15-8-6-14(25-4)7-9-15/h6-11,21H,5H2,1-4H3. The van der Waals surface area contributed by atoms with Gasteiger partial charge in [0.05, 0.1) is 24.3 Å². The van der Waals surface area contributed by atoms with Crippen molar-refractivity contribution in [1.82, 2.24) is 0 Å². The molecule has 3 rings (SSSR count). The number of ether oxygens (including phenoxy) is 2. The highest BCUT2D eigenvalue weighted by molar-refractivity contribution is 7.92. The Kier molecular flexibility index (Phi) is 5.33. The number of fused-ring (bicyclic) bond motifs is 1. The maximum Gasteiger partial charge on any atom is 0.342 e. The first-order valence-corrected chi connectivity index (χ1v) is 10.1. The summed E-state index contributed by atoms with van der Waals surface area (Å²) >= 11 is 0. The monoisotopic (exact) mass is 403 g/mol. The second kappa shape index (κ2) is 7.55. The Morgan fingerprint density at radius 2 is 1.82 bits per heavy atom. The maximum absolute atomic E-state index is 12.7. The molecule has 8 heteroatoms. The summed E-state index contributed by atoms with van der Waals surface area (Å²) < 4.78 is 43.9. The van der Waals surface area contributed by atoms with Crippen molar-refractivity contribution in [2.75, 3.05) is 18.4 Å². The number of nitrogens with one attached hydrogen (secondary N) is 1. The molecule has 0 saturated heterocycles. The number of anilines is 1. The summed E-state index contributed by atoms with van der Waals surface area (Å²) in [6.07, 6.45) is 0. The number of rotatable bonds is 6. The third-order valence-electron chi connectivity index (χ3n) is 4.30. The van der Waals surface area contributed by atoms with Gasteiger partial charge >= 0.3 is 5.97 Å². The lowest BCUT2D eigenvalue weighted by atomic mass is 10.1. The number of furan rings is 1. The van der Waals surface area contributed by atoms with Crippen molar-refractivity contribution >= 4 is 32.6 Å². The summed E-state index contributed by atoms with van der Waals surface area (Å²) in [5.74, 6) is 0.471. The fourth-order valence-electron chi connectivity index (χ4n) is 2.89. The van der Waals surface area contributed by atoms with Gasteiger partial charge in [0.1, 0.15) is 22.7 Å².